The molecule has 6 nitrogen and oxygen atoms in total. The molecule has 2 heterocycles. The van der Waals surface area contributed by atoms with Gasteiger partial charge in [0, 0.05) is 16.6 Å². The molecule has 1 atom stereocenters. The highest BCUT2D eigenvalue weighted by atomic mass is 32.1. The molecule has 2 aromatic heterocycles. The lowest BCUT2D eigenvalue weighted by Crippen LogP contribution is -2.17. The Morgan fingerprint density at radius 2 is 1.89 bits per heavy atom. The predicted molar refractivity (Wildman–Crippen MR) is 111 cm³/mol. The first kappa shape index (κ1) is 19.2. The fourth-order valence-corrected chi connectivity index (χ4v) is 3.97. The van der Waals surface area contributed by atoms with Crippen molar-refractivity contribution in [2.75, 3.05) is 18.5 Å². The van der Waals surface area contributed by atoms with Crippen molar-refractivity contribution in [1.29, 1.82) is 0 Å². The summed E-state index contributed by atoms with van der Waals surface area (Å²) in [5.41, 5.74) is 1.78. The second-order valence-corrected chi connectivity index (χ2v) is 7.51. The molecular formula is C20H25N3O3S. The zero-order chi connectivity index (χ0) is 19.6. The molecule has 0 bridgehead atoms. The lowest BCUT2D eigenvalue weighted by atomic mass is 10.2. The minimum absolute atomic E-state index is 0.0906. The monoisotopic (exact) mass is 387 g/mol. The molecule has 3 aromatic rings. The van der Waals surface area contributed by atoms with Gasteiger partial charge in [-0.25, -0.2) is 4.98 Å². The first-order valence-corrected chi connectivity index (χ1v) is 9.92. The molecule has 27 heavy (non-hydrogen) atoms. The molecule has 144 valence electrons. The maximum Gasteiger partial charge on any atom is 0.259 e. The molecule has 7 heteroatoms. The van der Waals surface area contributed by atoms with E-state index in [0.717, 1.165) is 26.7 Å². The summed E-state index contributed by atoms with van der Waals surface area (Å²) in [6.45, 7) is 11.0. The van der Waals surface area contributed by atoms with Crippen molar-refractivity contribution in [3.63, 3.8) is 0 Å². The molecule has 0 fully saturated rings. The van der Waals surface area contributed by atoms with Crippen molar-refractivity contribution in [2.45, 2.75) is 40.7 Å². The van der Waals surface area contributed by atoms with Gasteiger partial charge in [0.2, 0.25) is 0 Å². The van der Waals surface area contributed by atoms with Crippen LogP contribution in [0.2, 0.25) is 0 Å². The Balaban J connectivity index is 1.89. The number of aromatic nitrogens is 2. The number of fused-ring (bicyclic) bond motifs is 1. The molecule has 0 unspecified atom stereocenters. The van der Waals surface area contributed by atoms with Gasteiger partial charge in [-0.1, -0.05) is 0 Å². The van der Waals surface area contributed by atoms with Gasteiger partial charge in [0.15, 0.2) is 11.5 Å². The number of thiophene rings is 1. The van der Waals surface area contributed by atoms with E-state index in [-0.39, 0.29) is 11.6 Å². The average molecular weight is 388 g/mol. The molecule has 3 rings (SSSR count). The summed E-state index contributed by atoms with van der Waals surface area (Å²) in [5, 5.41) is 4.06. The van der Waals surface area contributed by atoms with Crippen molar-refractivity contribution in [1.82, 2.24) is 9.97 Å². The van der Waals surface area contributed by atoms with Gasteiger partial charge < -0.3 is 19.8 Å². The van der Waals surface area contributed by atoms with Crippen LogP contribution >= 0.6 is 11.3 Å². The summed E-state index contributed by atoms with van der Waals surface area (Å²) in [5.74, 6) is 2.02. The quantitative estimate of drug-likeness (QED) is 0.621. The van der Waals surface area contributed by atoms with Gasteiger partial charge in [-0.15, -0.1) is 11.3 Å². The van der Waals surface area contributed by atoms with Crippen LogP contribution in [0.3, 0.4) is 0 Å². The van der Waals surface area contributed by atoms with Crippen LogP contribution in [0.4, 0.5) is 5.69 Å². The van der Waals surface area contributed by atoms with Gasteiger partial charge in [-0.05, 0) is 52.3 Å². The van der Waals surface area contributed by atoms with Gasteiger partial charge in [0.05, 0.1) is 24.6 Å². The Kier molecular flexibility index (Phi) is 5.70. The van der Waals surface area contributed by atoms with Crippen LogP contribution in [-0.4, -0.2) is 23.2 Å². The predicted octanol–water partition coefficient (Wildman–Crippen LogP) is 4.57. The number of aromatic amines is 1. The van der Waals surface area contributed by atoms with Crippen LogP contribution in [-0.2, 0) is 0 Å². The number of aryl methyl sites for hydroxylation is 2. The summed E-state index contributed by atoms with van der Waals surface area (Å²) in [7, 11) is 0. The van der Waals surface area contributed by atoms with Gasteiger partial charge in [0.25, 0.3) is 5.56 Å². The second kappa shape index (κ2) is 8.00. The largest absolute Gasteiger partial charge is 0.490 e. The lowest BCUT2D eigenvalue weighted by Gasteiger charge is -2.17. The first-order chi connectivity index (χ1) is 12.9. The molecule has 0 radical (unpaired) electrons. The molecule has 2 N–H and O–H groups in total. The molecule has 0 saturated heterocycles. The van der Waals surface area contributed by atoms with Crippen LogP contribution in [0.1, 0.15) is 43.1 Å². The zero-order valence-corrected chi connectivity index (χ0v) is 17.1. The van der Waals surface area contributed by atoms with Gasteiger partial charge >= 0.3 is 0 Å². The van der Waals surface area contributed by atoms with Gasteiger partial charge in [0.1, 0.15) is 10.7 Å². The Bertz CT molecular complexity index is 1010. The highest BCUT2D eigenvalue weighted by Gasteiger charge is 2.16. The molecular weight excluding hydrogens is 362 g/mol. The van der Waals surface area contributed by atoms with E-state index in [2.05, 4.69) is 15.3 Å². The zero-order valence-electron chi connectivity index (χ0n) is 16.3. The maximum absolute atomic E-state index is 12.5. The van der Waals surface area contributed by atoms with Crippen molar-refractivity contribution in [3.8, 4) is 11.5 Å². The molecule has 0 aliphatic carbocycles. The standard InChI is InChI=1S/C20H25N3O3S/c1-6-25-15-9-8-14(10-16(15)26-7-2)21-12(4)18-22-19(24)17-11(3)13(5)27-20(17)23-18/h8-10,12,21H,6-7H2,1-5H3,(H,22,23,24)/t12-/m0/s1. The van der Waals surface area contributed by atoms with Crippen LogP contribution in [0, 0.1) is 13.8 Å². The number of anilines is 1. The van der Waals surface area contributed by atoms with E-state index in [1.54, 1.807) is 11.3 Å². The third kappa shape index (κ3) is 3.93. The highest BCUT2D eigenvalue weighted by molar-refractivity contribution is 7.18. The molecule has 0 aliphatic heterocycles. The normalized spacial score (nSPS) is 12.2. The lowest BCUT2D eigenvalue weighted by molar-refractivity contribution is 0.288. The van der Waals surface area contributed by atoms with Gasteiger partial charge in [-0.3, -0.25) is 4.79 Å². The summed E-state index contributed by atoms with van der Waals surface area (Å²) in [6.07, 6.45) is 0. The first-order valence-electron chi connectivity index (χ1n) is 9.10. The molecule has 0 amide bonds. The average Bonchev–Trinajstić information content (AvgIpc) is 2.92. The summed E-state index contributed by atoms with van der Waals surface area (Å²) in [6, 6.07) is 5.55. The molecule has 0 saturated carbocycles. The minimum Gasteiger partial charge on any atom is -0.490 e. The van der Waals surface area contributed by atoms with Crippen molar-refractivity contribution >= 4 is 27.2 Å². The molecule has 0 spiro atoms. The number of ether oxygens (including phenoxy) is 2. The summed E-state index contributed by atoms with van der Waals surface area (Å²) < 4.78 is 11.3. The number of benzene rings is 1. The number of hydrogen-bond acceptors (Lipinski definition) is 6. The van der Waals surface area contributed by atoms with E-state index in [1.165, 1.54) is 0 Å². The van der Waals surface area contributed by atoms with E-state index < -0.39 is 0 Å². The molecule has 1 aromatic carbocycles. The fraction of sp³-hybridized carbons (Fsp3) is 0.400. The van der Waals surface area contributed by atoms with Crippen molar-refractivity contribution in [3.05, 3.63) is 44.8 Å². The Morgan fingerprint density at radius 1 is 1.19 bits per heavy atom. The number of rotatable bonds is 7. The van der Waals surface area contributed by atoms with Crippen LogP contribution in [0.15, 0.2) is 23.0 Å². The van der Waals surface area contributed by atoms with E-state index in [1.807, 2.05) is 52.8 Å². The van der Waals surface area contributed by atoms with E-state index in [0.29, 0.717) is 30.2 Å². The Hall–Kier alpha value is -2.54. The number of nitrogens with one attached hydrogen (secondary N) is 2. The number of H-pyrrole nitrogens is 1. The topological polar surface area (TPSA) is 76.2 Å². The smallest absolute Gasteiger partial charge is 0.259 e. The maximum atomic E-state index is 12.5. The minimum atomic E-state index is -0.169. The van der Waals surface area contributed by atoms with Crippen molar-refractivity contribution in [2.24, 2.45) is 0 Å². The summed E-state index contributed by atoms with van der Waals surface area (Å²) in [4.78, 5) is 22.0. The summed E-state index contributed by atoms with van der Waals surface area (Å²) >= 11 is 1.55. The van der Waals surface area contributed by atoms with E-state index in [9.17, 15) is 4.79 Å². The van der Waals surface area contributed by atoms with Crippen LogP contribution < -0.4 is 20.3 Å². The highest BCUT2D eigenvalue weighted by Crippen LogP contribution is 2.32. The Morgan fingerprint density at radius 3 is 2.59 bits per heavy atom. The Labute approximate surface area is 162 Å². The fourth-order valence-electron chi connectivity index (χ4n) is 2.94. The van der Waals surface area contributed by atoms with Crippen LogP contribution in [0.25, 0.3) is 10.2 Å². The van der Waals surface area contributed by atoms with Gasteiger partial charge in [-0.2, -0.15) is 0 Å². The number of hydrogen-bond donors (Lipinski definition) is 2. The molecule has 0 aliphatic rings. The second-order valence-electron chi connectivity index (χ2n) is 6.31. The SMILES string of the molecule is CCOc1ccc(N[C@@H](C)c2nc3sc(C)c(C)c3c(=O)[nH]2)cc1OCC. The third-order valence-electron chi connectivity index (χ3n) is 4.39. The van der Waals surface area contributed by atoms with Crippen molar-refractivity contribution < 1.29 is 9.47 Å². The van der Waals surface area contributed by atoms with E-state index >= 15 is 0 Å². The van der Waals surface area contributed by atoms with Crippen LogP contribution in [0.5, 0.6) is 11.5 Å². The number of nitrogens with zero attached hydrogens (tertiary/aromatic N) is 1. The third-order valence-corrected chi connectivity index (χ3v) is 5.50. The van der Waals surface area contributed by atoms with E-state index in [4.69, 9.17) is 9.47 Å².